The van der Waals surface area contributed by atoms with E-state index in [1.54, 1.807) is 6.07 Å². The first-order chi connectivity index (χ1) is 12.5. The second kappa shape index (κ2) is 7.82. The summed E-state index contributed by atoms with van der Waals surface area (Å²) < 4.78 is 0. The summed E-state index contributed by atoms with van der Waals surface area (Å²) in [5, 5.41) is 2.79. The number of benzene rings is 2. The van der Waals surface area contributed by atoms with E-state index in [-0.39, 0.29) is 12.5 Å². The molecule has 6 nitrogen and oxygen atoms in total. The van der Waals surface area contributed by atoms with Gasteiger partial charge in [-0.2, -0.15) is 0 Å². The first-order valence-electron chi connectivity index (χ1n) is 8.52. The average molecular weight is 351 g/mol. The molecule has 0 atom stereocenters. The zero-order valence-corrected chi connectivity index (χ0v) is 14.6. The van der Waals surface area contributed by atoms with Gasteiger partial charge in [-0.1, -0.05) is 48.5 Å². The van der Waals surface area contributed by atoms with Gasteiger partial charge in [0.25, 0.3) is 0 Å². The van der Waals surface area contributed by atoms with Crippen LogP contribution in [0.1, 0.15) is 11.1 Å². The van der Waals surface area contributed by atoms with Gasteiger partial charge >= 0.3 is 11.8 Å². The number of aryl methyl sites for hydroxylation is 1. The minimum Gasteiger partial charge on any atom is -0.328 e. The van der Waals surface area contributed by atoms with E-state index in [2.05, 4.69) is 5.32 Å². The average Bonchev–Trinajstić information content (AvgIpc) is 2.64. The van der Waals surface area contributed by atoms with Gasteiger partial charge in [-0.3, -0.25) is 14.4 Å². The lowest BCUT2D eigenvalue weighted by atomic mass is 10.2. The van der Waals surface area contributed by atoms with Crippen molar-refractivity contribution >= 4 is 23.4 Å². The first kappa shape index (κ1) is 17.7. The van der Waals surface area contributed by atoms with Crippen LogP contribution in [0.15, 0.2) is 54.6 Å². The largest absolute Gasteiger partial charge is 0.328 e. The summed E-state index contributed by atoms with van der Waals surface area (Å²) in [5.74, 6) is -1.51. The smallest absolute Gasteiger partial charge is 0.312 e. The van der Waals surface area contributed by atoms with Crippen molar-refractivity contribution in [3.8, 4) is 0 Å². The quantitative estimate of drug-likeness (QED) is 0.835. The minimum absolute atomic E-state index is 0.127. The predicted octanol–water partition coefficient (Wildman–Crippen LogP) is 1.80. The Morgan fingerprint density at radius 1 is 0.923 bits per heavy atom. The highest BCUT2D eigenvalue weighted by Gasteiger charge is 2.33. The van der Waals surface area contributed by atoms with Gasteiger partial charge in [-0.05, 0) is 24.1 Å². The van der Waals surface area contributed by atoms with E-state index in [0.29, 0.717) is 25.3 Å². The highest BCUT2D eigenvalue weighted by molar-refractivity contribution is 6.35. The van der Waals surface area contributed by atoms with Crippen LogP contribution in [0.3, 0.4) is 0 Å². The summed E-state index contributed by atoms with van der Waals surface area (Å²) in [7, 11) is 0. The molecule has 0 bridgehead atoms. The molecule has 134 valence electrons. The fourth-order valence-electron chi connectivity index (χ4n) is 2.90. The van der Waals surface area contributed by atoms with E-state index in [9.17, 15) is 14.4 Å². The van der Waals surface area contributed by atoms with Crippen molar-refractivity contribution in [1.82, 2.24) is 9.80 Å². The molecule has 26 heavy (non-hydrogen) atoms. The van der Waals surface area contributed by atoms with Crippen LogP contribution in [0.25, 0.3) is 0 Å². The van der Waals surface area contributed by atoms with Gasteiger partial charge in [-0.15, -0.1) is 0 Å². The number of carbonyl (C=O) groups is 3. The lowest BCUT2D eigenvalue weighted by molar-refractivity contribution is -0.157. The molecule has 2 aromatic rings. The monoisotopic (exact) mass is 351 g/mol. The number of nitrogens with zero attached hydrogens (tertiary/aromatic N) is 2. The normalized spacial score (nSPS) is 14.5. The molecule has 1 aliphatic rings. The second-order valence-corrected chi connectivity index (χ2v) is 6.30. The molecule has 0 saturated carbocycles. The highest BCUT2D eigenvalue weighted by atomic mass is 16.2. The van der Waals surface area contributed by atoms with Crippen molar-refractivity contribution in [2.24, 2.45) is 0 Å². The Bertz CT molecular complexity index is 820. The molecule has 0 aliphatic carbocycles. The molecular formula is C20H21N3O3. The maximum absolute atomic E-state index is 12.3. The summed E-state index contributed by atoms with van der Waals surface area (Å²) in [6.07, 6.45) is 0. The highest BCUT2D eigenvalue weighted by Crippen LogP contribution is 2.14. The second-order valence-electron chi connectivity index (χ2n) is 6.30. The Balaban J connectivity index is 1.58. The van der Waals surface area contributed by atoms with Crippen molar-refractivity contribution in [3.05, 3.63) is 65.7 Å². The Morgan fingerprint density at radius 2 is 1.54 bits per heavy atom. The van der Waals surface area contributed by atoms with E-state index in [0.717, 1.165) is 11.1 Å². The molecule has 1 fully saturated rings. The van der Waals surface area contributed by atoms with Crippen LogP contribution in [0.5, 0.6) is 0 Å². The number of anilines is 1. The molecule has 6 heteroatoms. The van der Waals surface area contributed by atoms with Crippen LogP contribution in [0.2, 0.25) is 0 Å². The summed E-state index contributed by atoms with van der Waals surface area (Å²) in [6.45, 7) is 2.93. The van der Waals surface area contributed by atoms with E-state index in [4.69, 9.17) is 0 Å². The van der Waals surface area contributed by atoms with Gasteiger partial charge in [0.05, 0.1) is 0 Å². The third-order valence-corrected chi connectivity index (χ3v) is 4.37. The van der Waals surface area contributed by atoms with Crippen molar-refractivity contribution < 1.29 is 14.4 Å². The molecule has 0 unspecified atom stereocenters. The number of rotatable bonds is 5. The maximum Gasteiger partial charge on any atom is 0.312 e. The molecule has 2 aromatic carbocycles. The Labute approximate surface area is 152 Å². The Hall–Kier alpha value is -3.15. The molecule has 1 heterocycles. The van der Waals surface area contributed by atoms with Crippen LogP contribution in [0, 0.1) is 6.92 Å². The molecule has 0 aromatic heterocycles. The van der Waals surface area contributed by atoms with Crippen molar-refractivity contribution in [3.63, 3.8) is 0 Å². The molecule has 1 saturated heterocycles. The lowest BCUT2D eigenvalue weighted by Gasteiger charge is -2.33. The molecule has 0 spiro atoms. The topological polar surface area (TPSA) is 69.7 Å². The number of hydrogen-bond acceptors (Lipinski definition) is 3. The molecule has 1 N–H and O–H groups in total. The third kappa shape index (κ3) is 4.08. The lowest BCUT2D eigenvalue weighted by Crippen LogP contribution is -2.55. The molecule has 3 rings (SSSR count). The molecule has 3 amide bonds. The van der Waals surface area contributed by atoms with Crippen LogP contribution in [-0.4, -0.2) is 47.2 Å². The standard InChI is InChI=1S/C20H21N3O3/c1-15-7-5-6-10-17(15)21-18(24)14-23-12-11-22(19(25)20(23)26)13-16-8-3-2-4-9-16/h2-10H,11-14H2,1H3,(H,21,24). The summed E-state index contributed by atoms with van der Waals surface area (Å²) in [5.41, 5.74) is 2.62. The van der Waals surface area contributed by atoms with E-state index in [1.165, 1.54) is 9.80 Å². The first-order valence-corrected chi connectivity index (χ1v) is 8.52. The summed E-state index contributed by atoms with van der Waals surface area (Å²) >= 11 is 0. The van der Waals surface area contributed by atoms with Crippen LogP contribution in [0.4, 0.5) is 5.69 Å². The van der Waals surface area contributed by atoms with Gasteiger partial charge in [0.2, 0.25) is 5.91 Å². The van der Waals surface area contributed by atoms with E-state index >= 15 is 0 Å². The fraction of sp³-hybridized carbons (Fsp3) is 0.250. The van der Waals surface area contributed by atoms with Crippen molar-refractivity contribution in [1.29, 1.82) is 0 Å². The number of hydrogen-bond donors (Lipinski definition) is 1. The third-order valence-electron chi connectivity index (χ3n) is 4.37. The van der Waals surface area contributed by atoms with Gasteiger partial charge in [0.15, 0.2) is 0 Å². The van der Waals surface area contributed by atoms with Crippen molar-refractivity contribution in [2.45, 2.75) is 13.5 Å². The Kier molecular flexibility index (Phi) is 5.31. The maximum atomic E-state index is 12.3. The number of amides is 3. The molecule has 1 aliphatic heterocycles. The van der Waals surface area contributed by atoms with Crippen LogP contribution in [-0.2, 0) is 20.9 Å². The Morgan fingerprint density at radius 3 is 2.27 bits per heavy atom. The van der Waals surface area contributed by atoms with Gasteiger partial charge in [0, 0.05) is 25.3 Å². The number of piperazine rings is 1. The van der Waals surface area contributed by atoms with E-state index in [1.807, 2.05) is 55.5 Å². The SMILES string of the molecule is Cc1ccccc1NC(=O)CN1CCN(Cc2ccccc2)C(=O)C1=O. The minimum atomic E-state index is -0.632. The van der Waals surface area contributed by atoms with E-state index < -0.39 is 11.8 Å². The summed E-state index contributed by atoms with van der Waals surface area (Å²) in [4.78, 5) is 39.7. The predicted molar refractivity (Wildman–Crippen MR) is 98.2 cm³/mol. The van der Waals surface area contributed by atoms with Gasteiger partial charge in [0.1, 0.15) is 6.54 Å². The molecule has 0 radical (unpaired) electrons. The number of nitrogens with one attached hydrogen (secondary N) is 1. The number of para-hydroxylation sites is 1. The zero-order valence-electron chi connectivity index (χ0n) is 14.6. The number of carbonyl (C=O) groups excluding carboxylic acids is 3. The van der Waals surface area contributed by atoms with Gasteiger partial charge in [-0.25, -0.2) is 0 Å². The van der Waals surface area contributed by atoms with Crippen molar-refractivity contribution in [2.75, 3.05) is 25.0 Å². The summed E-state index contributed by atoms with van der Waals surface area (Å²) in [6, 6.07) is 17.0. The zero-order chi connectivity index (χ0) is 18.5. The molecular weight excluding hydrogens is 330 g/mol. The van der Waals surface area contributed by atoms with Crippen LogP contribution < -0.4 is 5.32 Å². The fourth-order valence-corrected chi connectivity index (χ4v) is 2.90. The van der Waals surface area contributed by atoms with Gasteiger partial charge < -0.3 is 15.1 Å². The van der Waals surface area contributed by atoms with Crippen LogP contribution >= 0.6 is 0 Å².